The number of aliphatic hydroxyl groups is 1. The van der Waals surface area contributed by atoms with Crippen molar-refractivity contribution in [1.29, 1.82) is 0 Å². The molecular formula is C10H13Cl2NO. The average Bonchev–Trinajstić information content (AvgIpc) is 2.12. The molecule has 0 saturated carbocycles. The summed E-state index contributed by atoms with van der Waals surface area (Å²) in [5.74, 6) is 0. The highest BCUT2D eigenvalue weighted by Gasteiger charge is 2.08. The van der Waals surface area contributed by atoms with Gasteiger partial charge in [0.1, 0.15) is 0 Å². The highest BCUT2D eigenvalue weighted by molar-refractivity contribution is 6.33. The van der Waals surface area contributed by atoms with Gasteiger partial charge in [-0.25, -0.2) is 0 Å². The molecule has 0 aliphatic heterocycles. The Kier molecular flexibility index (Phi) is 4.69. The lowest BCUT2D eigenvalue weighted by Gasteiger charge is -2.10. The highest BCUT2D eigenvalue weighted by Crippen LogP contribution is 2.22. The van der Waals surface area contributed by atoms with Crippen LogP contribution in [-0.2, 0) is 6.42 Å². The molecule has 0 saturated heterocycles. The lowest BCUT2D eigenvalue weighted by molar-refractivity contribution is 0.167. The van der Waals surface area contributed by atoms with Crippen LogP contribution in [0.5, 0.6) is 0 Å². The number of halogens is 2. The van der Waals surface area contributed by atoms with E-state index >= 15 is 0 Å². The number of benzene rings is 1. The van der Waals surface area contributed by atoms with Crippen LogP contribution >= 0.6 is 23.2 Å². The van der Waals surface area contributed by atoms with E-state index in [9.17, 15) is 5.11 Å². The van der Waals surface area contributed by atoms with Crippen LogP contribution < -0.4 is 5.73 Å². The summed E-state index contributed by atoms with van der Waals surface area (Å²) in [6.07, 6.45) is 0.621. The van der Waals surface area contributed by atoms with Gasteiger partial charge >= 0.3 is 0 Å². The fourth-order valence-electron chi connectivity index (χ4n) is 1.25. The molecule has 0 heterocycles. The Balaban J connectivity index is 2.70. The summed E-state index contributed by atoms with van der Waals surface area (Å²) < 4.78 is 0. The zero-order chi connectivity index (χ0) is 10.6. The van der Waals surface area contributed by atoms with Crippen molar-refractivity contribution in [3.63, 3.8) is 0 Å². The minimum Gasteiger partial charge on any atom is -0.393 e. The van der Waals surface area contributed by atoms with Crippen LogP contribution in [0.15, 0.2) is 18.2 Å². The van der Waals surface area contributed by atoms with Gasteiger partial charge in [0.15, 0.2) is 0 Å². The van der Waals surface area contributed by atoms with Crippen molar-refractivity contribution in [2.75, 3.05) is 6.54 Å². The summed E-state index contributed by atoms with van der Waals surface area (Å²) in [6.45, 7) is 0.472. The summed E-state index contributed by atoms with van der Waals surface area (Å²) in [7, 11) is 0. The molecule has 78 valence electrons. The van der Waals surface area contributed by atoms with E-state index < -0.39 is 6.10 Å². The van der Waals surface area contributed by atoms with Crippen LogP contribution in [0.3, 0.4) is 0 Å². The molecule has 0 aromatic heterocycles. The third-order valence-electron chi connectivity index (χ3n) is 1.96. The molecule has 0 amide bonds. The van der Waals surface area contributed by atoms with Crippen molar-refractivity contribution < 1.29 is 5.11 Å². The lowest BCUT2D eigenvalue weighted by atomic mass is 10.1. The molecule has 2 nitrogen and oxygen atoms in total. The van der Waals surface area contributed by atoms with Crippen molar-refractivity contribution in [2.45, 2.75) is 18.9 Å². The zero-order valence-corrected chi connectivity index (χ0v) is 9.22. The van der Waals surface area contributed by atoms with Crippen LogP contribution in [0.2, 0.25) is 10.0 Å². The van der Waals surface area contributed by atoms with E-state index in [2.05, 4.69) is 0 Å². The summed E-state index contributed by atoms with van der Waals surface area (Å²) >= 11 is 11.8. The van der Waals surface area contributed by atoms with Crippen molar-refractivity contribution in [2.24, 2.45) is 5.73 Å². The first-order valence-corrected chi connectivity index (χ1v) is 5.21. The van der Waals surface area contributed by atoms with Gasteiger partial charge in [-0.1, -0.05) is 23.2 Å². The third kappa shape index (κ3) is 3.46. The van der Waals surface area contributed by atoms with Crippen molar-refractivity contribution in [3.8, 4) is 0 Å². The fraction of sp³-hybridized carbons (Fsp3) is 0.400. The van der Waals surface area contributed by atoms with Crippen molar-refractivity contribution >= 4 is 23.2 Å². The minimum atomic E-state index is -0.448. The van der Waals surface area contributed by atoms with Crippen LogP contribution in [0.4, 0.5) is 0 Å². The quantitative estimate of drug-likeness (QED) is 0.839. The van der Waals surface area contributed by atoms with Gasteiger partial charge in [-0.3, -0.25) is 0 Å². The van der Waals surface area contributed by atoms with Crippen molar-refractivity contribution in [1.82, 2.24) is 0 Å². The van der Waals surface area contributed by atoms with Crippen LogP contribution in [0.1, 0.15) is 12.0 Å². The maximum atomic E-state index is 9.54. The van der Waals surface area contributed by atoms with E-state index in [-0.39, 0.29) is 0 Å². The largest absolute Gasteiger partial charge is 0.393 e. The second kappa shape index (κ2) is 5.56. The molecule has 1 aromatic rings. The summed E-state index contributed by atoms with van der Waals surface area (Å²) in [4.78, 5) is 0. The molecule has 0 spiro atoms. The van der Waals surface area contributed by atoms with Gasteiger partial charge in [-0.15, -0.1) is 0 Å². The number of rotatable bonds is 4. The second-order valence-corrected chi connectivity index (χ2v) is 4.01. The molecule has 4 heteroatoms. The van der Waals surface area contributed by atoms with Crippen molar-refractivity contribution in [3.05, 3.63) is 33.8 Å². The number of aliphatic hydroxyl groups excluding tert-OH is 1. The summed E-state index contributed by atoms with van der Waals surface area (Å²) in [5.41, 5.74) is 6.19. The number of hydrogen-bond acceptors (Lipinski definition) is 2. The Morgan fingerprint density at radius 3 is 2.71 bits per heavy atom. The lowest BCUT2D eigenvalue weighted by Crippen LogP contribution is -2.16. The van der Waals surface area contributed by atoms with Crippen LogP contribution in [0, 0.1) is 0 Å². The van der Waals surface area contributed by atoms with E-state index in [1.165, 1.54) is 0 Å². The molecule has 0 radical (unpaired) electrons. The molecule has 0 fully saturated rings. The first-order chi connectivity index (χ1) is 6.63. The normalized spacial score (nSPS) is 12.9. The van der Waals surface area contributed by atoms with Gasteiger partial charge in [-0.2, -0.15) is 0 Å². The van der Waals surface area contributed by atoms with Crippen LogP contribution in [0.25, 0.3) is 0 Å². The Bertz CT molecular complexity index is 304. The number of hydrogen-bond donors (Lipinski definition) is 2. The van der Waals surface area contributed by atoms with Crippen LogP contribution in [-0.4, -0.2) is 17.8 Å². The van der Waals surface area contributed by atoms with Gasteiger partial charge < -0.3 is 10.8 Å². The van der Waals surface area contributed by atoms with E-state index in [1.807, 2.05) is 0 Å². The van der Waals surface area contributed by atoms with Gasteiger partial charge in [-0.05, 0) is 43.1 Å². The molecule has 14 heavy (non-hydrogen) atoms. The molecule has 0 aliphatic carbocycles. The van der Waals surface area contributed by atoms with Gasteiger partial charge in [0.25, 0.3) is 0 Å². The minimum absolute atomic E-state index is 0.448. The Hall–Kier alpha value is -0.280. The second-order valence-electron chi connectivity index (χ2n) is 3.17. The number of nitrogens with two attached hydrogens (primary N) is 1. The summed E-state index contributed by atoms with van der Waals surface area (Å²) in [5, 5.41) is 10.8. The SMILES string of the molecule is NCCC(O)Cc1cc(Cl)ccc1Cl. The molecular weight excluding hydrogens is 221 g/mol. The molecule has 1 unspecified atom stereocenters. The standard InChI is InChI=1S/C10H13Cl2NO/c11-8-1-2-10(12)7(5-8)6-9(14)3-4-13/h1-2,5,9,14H,3-4,6,13H2. The first kappa shape index (κ1) is 11.8. The van der Waals surface area contributed by atoms with E-state index in [4.69, 9.17) is 28.9 Å². The van der Waals surface area contributed by atoms with Gasteiger partial charge in [0, 0.05) is 10.0 Å². The zero-order valence-electron chi connectivity index (χ0n) is 7.71. The summed E-state index contributed by atoms with van der Waals surface area (Å²) in [6, 6.07) is 5.22. The molecule has 1 aromatic carbocycles. The highest BCUT2D eigenvalue weighted by atomic mass is 35.5. The van der Waals surface area contributed by atoms with E-state index in [0.29, 0.717) is 29.4 Å². The van der Waals surface area contributed by atoms with Gasteiger partial charge in [0.2, 0.25) is 0 Å². The Morgan fingerprint density at radius 2 is 2.07 bits per heavy atom. The molecule has 1 rings (SSSR count). The monoisotopic (exact) mass is 233 g/mol. The maximum absolute atomic E-state index is 9.54. The topological polar surface area (TPSA) is 46.2 Å². The fourth-order valence-corrected chi connectivity index (χ4v) is 1.64. The molecule has 1 atom stereocenters. The maximum Gasteiger partial charge on any atom is 0.0593 e. The average molecular weight is 234 g/mol. The first-order valence-electron chi connectivity index (χ1n) is 4.45. The smallest absolute Gasteiger partial charge is 0.0593 e. The van der Waals surface area contributed by atoms with E-state index in [0.717, 1.165) is 5.56 Å². The predicted molar refractivity (Wildman–Crippen MR) is 59.8 cm³/mol. The predicted octanol–water partition coefficient (Wildman–Crippen LogP) is 2.25. The Morgan fingerprint density at radius 1 is 1.36 bits per heavy atom. The van der Waals surface area contributed by atoms with E-state index in [1.54, 1.807) is 18.2 Å². The molecule has 3 N–H and O–H groups in total. The third-order valence-corrected chi connectivity index (χ3v) is 2.57. The molecule has 0 bridgehead atoms. The molecule has 0 aliphatic rings. The van der Waals surface area contributed by atoms with Gasteiger partial charge in [0.05, 0.1) is 6.10 Å². The Labute approximate surface area is 93.6 Å².